The summed E-state index contributed by atoms with van der Waals surface area (Å²) >= 11 is 0. The Labute approximate surface area is 159 Å². The molecule has 27 heavy (non-hydrogen) atoms. The lowest BCUT2D eigenvalue weighted by molar-refractivity contribution is -0.114. The molecule has 1 amide bonds. The van der Waals surface area contributed by atoms with E-state index in [0.717, 1.165) is 17.0 Å². The summed E-state index contributed by atoms with van der Waals surface area (Å²) in [6.45, 7) is 8.07. The zero-order chi connectivity index (χ0) is 19.6. The molecule has 1 aliphatic heterocycles. The molecule has 2 heterocycles. The van der Waals surface area contributed by atoms with Crippen LogP contribution >= 0.6 is 0 Å². The first kappa shape index (κ1) is 19.5. The number of aromatic nitrogens is 1. The molecular formula is C18H24N4O4S. The Morgan fingerprint density at radius 1 is 1.15 bits per heavy atom. The van der Waals surface area contributed by atoms with Gasteiger partial charge in [-0.2, -0.15) is 4.31 Å². The molecule has 1 aromatic heterocycles. The van der Waals surface area contributed by atoms with Gasteiger partial charge in [0.1, 0.15) is 5.76 Å². The summed E-state index contributed by atoms with van der Waals surface area (Å²) in [7, 11) is -3.55. The smallest absolute Gasteiger partial charge is 0.243 e. The summed E-state index contributed by atoms with van der Waals surface area (Å²) in [5, 5.41) is 6.60. The van der Waals surface area contributed by atoms with Gasteiger partial charge in [0.2, 0.25) is 15.9 Å². The molecule has 1 fully saturated rings. The number of benzene rings is 1. The number of piperazine rings is 1. The predicted molar refractivity (Wildman–Crippen MR) is 101 cm³/mol. The number of carbonyl (C=O) groups is 1. The molecule has 3 rings (SSSR count). The normalized spacial score (nSPS) is 16.4. The van der Waals surface area contributed by atoms with E-state index in [1.165, 1.54) is 23.4 Å². The number of rotatable bonds is 5. The number of nitrogens with zero attached hydrogens (tertiary/aromatic N) is 3. The van der Waals surface area contributed by atoms with Crippen molar-refractivity contribution in [3.63, 3.8) is 0 Å². The number of sulfonamides is 1. The Balaban J connectivity index is 1.63. The second-order valence-corrected chi connectivity index (χ2v) is 8.63. The van der Waals surface area contributed by atoms with Crippen molar-refractivity contribution in [3.8, 4) is 0 Å². The molecule has 0 radical (unpaired) electrons. The van der Waals surface area contributed by atoms with Gasteiger partial charge in [-0.1, -0.05) is 5.16 Å². The van der Waals surface area contributed by atoms with E-state index < -0.39 is 10.0 Å². The molecule has 8 nitrogen and oxygen atoms in total. The van der Waals surface area contributed by atoms with Gasteiger partial charge in [-0.05, 0) is 38.1 Å². The molecule has 0 unspecified atom stereocenters. The molecule has 0 spiro atoms. The van der Waals surface area contributed by atoms with E-state index in [-0.39, 0.29) is 10.8 Å². The van der Waals surface area contributed by atoms with Gasteiger partial charge in [0.15, 0.2) is 0 Å². The van der Waals surface area contributed by atoms with Crippen molar-refractivity contribution in [2.75, 3.05) is 31.5 Å². The van der Waals surface area contributed by atoms with Crippen LogP contribution in [0.4, 0.5) is 5.69 Å². The Kier molecular flexibility index (Phi) is 5.64. The van der Waals surface area contributed by atoms with Gasteiger partial charge in [0.05, 0.1) is 10.6 Å². The third-order valence-electron chi connectivity index (χ3n) is 4.71. The van der Waals surface area contributed by atoms with E-state index in [2.05, 4.69) is 15.4 Å². The van der Waals surface area contributed by atoms with Crippen molar-refractivity contribution in [1.29, 1.82) is 0 Å². The number of carbonyl (C=O) groups excluding carboxylic acids is 1. The number of hydrogen-bond acceptors (Lipinski definition) is 6. The quantitative estimate of drug-likeness (QED) is 0.833. The first-order valence-electron chi connectivity index (χ1n) is 8.79. The summed E-state index contributed by atoms with van der Waals surface area (Å²) in [4.78, 5) is 13.5. The minimum absolute atomic E-state index is 0.194. The van der Waals surface area contributed by atoms with E-state index in [4.69, 9.17) is 4.52 Å². The fraction of sp³-hybridized carbons (Fsp3) is 0.444. The molecular weight excluding hydrogens is 368 g/mol. The minimum Gasteiger partial charge on any atom is -0.361 e. The zero-order valence-corrected chi connectivity index (χ0v) is 16.5. The van der Waals surface area contributed by atoms with Crippen LogP contribution in [0, 0.1) is 13.8 Å². The van der Waals surface area contributed by atoms with Crippen molar-refractivity contribution in [3.05, 3.63) is 41.3 Å². The second kappa shape index (κ2) is 7.79. The maximum Gasteiger partial charge on any atom is 0.243 e. The number of aryl methyl sites for hydroxylation is 2. The maximum atomic E-state index is 12.8. The fourth-order valence-electron chi connectivity index (χ4n) is 3.14. The summed E-state index contributed by atoms with van der Waals surface area (Å²) in [5.74, 6) is 0.613. The average molecular weight is 392 g/mol. The van der Waals surface area contributed by atoms with Crippen LogP contribution in [-0.4, -0.2) is 54.9 Å². The van der Waals surface area contributed by atoms with Gasteiger partial charge in [-0.25, -0.2) is 8.42 Å². The highest BCUT2D eigenvalue weighted by Gasteiger charge is 2.29. The molecule has 0 atom stereocenters. The van der Waals surface area contributed by atoms with E-state index in [9.17, 15) is 13.2 Å². The van der Waals surface area contributed by atoms with Crippen molar-refractivity contribution in [2.24, 2.45) is 0 Å². The van der Waals surface area contributed by atoms with Crippen LogP contribution in [-0.2, 0) is 21.4 Å². The van der Waals surface area contributed by atoms with Crippen molar-refractivity contribution in [2.45, 2.75) is 32.2 Å². The molecule has 1 aromatic carbocycles. The Morgan fingerprint density at radius 3 is 2.30 bits per heavy atom. The van der Waals surface area contributed by atoms with Gasteiger partial charge in [0.25, 0.3) is 0 Å². The molecule has 1 aliphatic rings. The van der Waals surface area contributed by atoms with Crippen LogP contribution in [0.1, 0.15) is 23.9 Å². The highest BCUT2D eigenvalue weighted by Crippen LogP contribution is 2.21. The monoisotopic (exact) mass is 392 g/mol. The summed E-state index contributed by atoms with van der Waals surface area (Å²) in [6.07, 6.45) is 0. The Hall–Kier alpha value is -2.23. The Bertz CT molecular complexity index is 894. The van der Waals surface area contributed by atoms with E-state index in [0.29, 0.717) is 38.4 Å². The summed E-state index contributed by atoms with van der Waals surface area (Å²) < 4.78 is 32.4. The first-order valence-corrected chi connectivity index (χ1v) is 10.2. The van der Waals surface area contributed by atoms with Gasteiger partial charge in [-0.15, -0.1) is 0 Å². The van der Waals surface area contributed by atoms with Crippen molar-refractivity contribution >= 4 is 21.6 Å². The van der Waals surface area contributed by atoms with Crippen molar-refractivity contribution < 1.29 is 17.7 Å². The van der Waals surface area contributed by atoms with Gasteiger partial charge in [-0.3, -0.25) is 9.69 Å². The summed E-state index contributed by atoms with van der Waals surface area (Å²) in [6, 6.07) is 6.25. The van der Waals surface area contributed by atoms with Crippen LogP contribution in [0.3, 0.4) is 0 Å². The predicted octanol–water partition coefficient (Wildman–Crippen LogP) is 1.76. The fourth-order valence-corrected chi connectivity index (χ4v) is 4.56. The maximum absolute atomic E-state index is 12.8. The summed E-state index contributed by atoms with van der Waals surface area (Å²) in [5.41, 5.74) is 2.52. The number of nitrogens with one attached hydrogen (secondary N) is 1. The molecule has 9 heteroatoms. The lowest BCUT2D eigenvalue weighted by Crippen LogP contribution is -2.48. The molecule has 2 aromatic rings. The van der Waals surface area contributed by atoms with Gasteiger partial charge < -0.3 is 9.84 Å². The van der Waals surface area contributed by atoms with Crippen LogP contribution in [0.25, 0.3) is 0 Å². The highest BCUT2D eigenvalue weighted by molar-refractivity contribution is 7.89. The third-order valence-corrected chi connectivity index (χ3v) is 6.62. The van der Waals surface area contributed by atoms with Crippen LogP contribution < -0.4 is 5.32 Å². The Morgan fingerprint density at radius 2 is 1.78 bits per heavy atom. The lowest BCUT2D eigenvalue weighted by Gasteiger charge is -2.33. The minimum atomic E-state index is -3.55. The highest BCUT2D eigenvalue weighted by atomic mass is 32.2. The lowest BCUT2D eigenvalue weighted by atomic mass is 10.2. The molecule has 1 N–H and O–H groups in total. The van der Waals surface area contributed by atoms with Crippen LogP contribution in [0.15, 0.2) is 33.7 Å². The SMILES string of the molecule is CC(=O)Nc1ccc(S(=O)(=O)N2CCN(Cc3c(C)noc3C)CC2)cc1. The molecule has 0 bridgehead atoms. The molecule has 146 valence electrons. The third kappa shape index (κ3) is 4.37. The number of hydrogen-bond donors (Lipinski definition) is 1. The molecule has 0 saturated carbocycles. The number of amides is 1. The van der Waals surface area contributed by atoms with Crippen molar-refractivity contribution in [1.82, 2.24) is 14.4 Å². The zero-order valence-electron chi connectivity index (χ0n) is 15.7. The largest absolute Gasteiger partial charge is 0.361 e. The first-order chi connectivity index (χ1) is 12.8. The topological polar surface area (TPSA) is 95.8 Å². The molecule has 0 aliphatic carbocycles. The second-order valence-electron chi connectivity index (χ2n) is 6.69. The van der Waals surface area contributed by atoms with E-state index in [1.54, 1.807) is 12.1 Å². The van der Waals surface area contributed by atoms with E-state index >= 15 is 0 Å². The van der Waals surface area contributed by atoms with Gasteiger partial charge >= 0.3 is 0 Å². The van der Waals surface area contributed by atoms with Gasteiger partial charge in [0, 0.05) is 50.9 Å². The van der Waals surface area contributed by atoms with E-state index in [1.807, 2.05) is 13.8 Å². The number of anilines is 1. The van der Waals surface area contributed by atoms with Crippen LogP contribution in [0.2, 0.25) is 0 Å². The molecule has 1 saturated heterocycles. The van der Waals surface area contributed by atoms with Crippen LogP contribution in [0.5, 0.6) is 0 Å². The standard InChI is InChI=1S/C18H24N4O4S/c1-13-18(14(2)26-20-13)12-21-8-10-22(11-9-21)27(24,25)17-6-4-16(5-7-17)19-15(3)23/h4-7H,8-12H2,1-3H3,(H,19,23). The average Bonchev–Trinajstić information content (AvgIpc) is 2.94.